The number of nitrogens with zero attached hydrogens (tertiary/aromatic N) is 2. The largest absolute Gasteiger partial charge is 0.350 e. The van der Waals surface area contributed by atoms with Crippen molar-refractivity contribution in [1.29, 1.82) is 0 Å². The lowest BCUT2D eigenvalue weighted by Gasteiger charge is -2.24. The Labute approximate surface area is 142 Å². The van der Waals surface area contributed by atoms with E-state index in [1.807, 2.05) is 58.0 Å². The lowest BCUT2D eigenvalue weighted by atomic mass is 10.1. The maximum absolute atomic E-state index is 12.4. The van der Waals surface area contributed by atoms with Crippen LogP contribution in [0.2, 0.25) is 0 Å². The third-order valence-electron chi connectivity index (χ3n) is 3.37. The summed E-state index contributed by atoms with van der Waals surface area (Å²) >= 11 is 0. The summed E-state index contributed by atoms with van der Waals surface area (Å²) < 4.78 is 1.63. The summed E-state index contributed by atoms with van der Waals surface area (Å²) in [7, 11) is 0. The number of rotatable bonds is 5. The van der Waals surface area contributed by atoms with Crippen molar-refractivity contribution in [2.45, 2.75) is 45.7 Å². The molecule has 6 nitrogen and oxygen atoms in total. The molecule has 0 aliphatic rings. The van der Waals surface area contributed by atoms with Gasteiger partial charge in [-0.25, -0.2) is 4.68 Å². The molecule has 0 aliphatic carbocycles. The molecule has 1 unspecified atom stereocenters. The number of hydrogen-bond donors (Lipinski definition) is 2. The van der Waals surface area contributed by atoms with E-state index in [1.54, 1.807) is 16.9 Å². The fraction of sp³-hybridized carbons (Fsp3) is 0.389. The van der Waals surface area contributed by atoms with E-state index in [0.29, 0.717) is 6.42 Å². The molecule has 1 heterocycles. The fourth-order valence-corrected chi connectivity index (χ4v) is 2.21. The van der Waals surface area contributed by atoms with E-state index in [-0.39, 0.29) is 23.0 Å². The van der Waals surface area contributed by atoms with Gasteiger partial charge in [-0.05, 0) is 45.4 Å². The second-order valence-corrected chi connectivity index (χ2v) is 6.65. The van der Waals surface area contributed by atoms with E-state index in [9.17, 15) is 9.59 Å². The Balaban J connectivity index is 2.06. The van der Waals surface area contributed by atoms with Gasteiger partial charge in [-0.15, -0.1) is 0 Å². The highest BCUT2D eigenvalue weighted by molar-refractivity contribution is 5.96. The first-order chi connectivity index (χ1) is 11.3. The molecule has 1 atom stereocenters. The van der Waals surface area contributed by atoms with Crippen LogP contribution in [0.5, 0.6) is 0 Å². The summed E-state index contributed by atoms with van der Waals surface area (Å²) in [5.41, 5.74) is 0.805. The lowest BCUT2D eigenvalue weighted by Crippen LogP contribution is -2.51. The number of hydrogen-bond acceptors (Lipinski definition) is 3. The summed E-state index contributed by atoms with van der Waals surface area (Å²) in [4.78, 5) is 24.6. The van der Waals surface area contributed by atoms with Crippen molar-refractivity contribution >= 4 is 11.8 Å². The number of para-hydroxylation sites is 1. The standard InChI is InChI=1S/C18H24N4O2/c1-5-14(17(24)20-18(2,3)4)19-16(23)15-11-12-22(21-15)13-9-7-6-8-10-13/h6-12,14H,5H2,1-4H3,(H,19,23)(H,20,24). The zero-order valence-electron chi connectivity index (χ0n) is 14.5. The van der Waals surface area contributed by atoms with Crippen LogP contribution in [0.1, 0.15) is 44.6 Å². The Bertz CT molecular complexity index is 701. The highest BCUT2D eigenvalue weighted by Crippen LogP contribution is 2.08. The zero-order chi connectivity index (χ0) is 17.7. The molecular weight excluding hydrogens is 304 g/mol. The Kier molecular flexibility index (Phi) is 5.39. The Morgan fingerprint density at radius 3 is 2.42 bits per heavy atom. The third-order valence-corrected chi connectivity index (χ3v) is 3.37. The van der Waals surface area contributed by atoms with E-state index in [4.69, 9.17) is 0 Å². The van der Waals surface area contributed by atoms with Crippen molar-refractivity contribution in [3.05, 3.63) is 48.3 Å². The van der Waals surface area contributed by atoms with Gasteiger partial charge in [-0.2, -0.15) is 5.10 Å². The fourth-order valence-electron chi connectivity index (χ4n) is 2.21. The number of benzene rings is 1. The number of carbonyl (C=O) groups is 2. The number of amides is 2. The molecule has 0 aliphatic heterocycles. The van der Waals surface area contributed by atoms with Crippen molar-refractivity contribution in [1.82, 2.24) is 20.4 Å². The minimum absolute atomic E-state index is 0.194. The van der Waals surface area contributed by atoms with Gasteiger partial charge in [0.25, 0.3) is 5.91 Å². The van der Waals surface area contributed by atoms with Crippen molar-refractivity contribution in [3.63, 3.8) is 0 Å². The van der Waals surface area contributed by atoms with Gasteiger partial charge in [0, 0.05) is 11.7 Å². The first kappa shape index (κ1) is 17.7. The SMILES string of the molecule is CCC(NC(=O)c1ccn(-c2ccccc2)n1)C(=O)NC(C)(C)C. The van der Waals surface area contributed by atoms with E-state index in [0.717, 1.165) is 5.69 Å². The topological polar surface area (TPSA) is 76.0 Å². The van der Waals surface area contributed by atoms with Crippen LogP contribution in [-0.4, -0.2) is 33.2 Å². The summed E-state index contributed by atoms with van der Waals surface area (Å²) in [6.45, 7) is 7.57. The van der Waals surface area contributed by atoms with Crippen LogP contribution in [0, 0.1) is 0 Å². The molecule has 24 heavy (non-hydrogen) atoms. The van der Waals surface area contributed by atoms with Gasteiger partial charge < -0.3 is 10.6 Å². The molecule has 0 saturated heterocycles. The molecule has 128 valence electrons. The van der Waals surface area contributed by atoms with Crippen molar-refractivity contribution in [2.75, 3.05) is 0 Å². The maximum Gasteiger partial charge on any atom is 0.272 e. The number of aromatic nitrogens is 2. The van der Waals surface area contributed by atoms with Crippen LogP contribution in [0.15, 0.2) is 42.6 Å². The average Bonchev–Trinajstić information content (AvgIpc) is 3.01. The average molecular weight is 328 g/mol. The molecule has 2 aromatic rings. The molecule has 2 amide bonds. The Morgan fingerprint density at radius 1 is 1.17 bits per heavy atom. The van der Waals surface area contributed by atoms with Gasteiger partial charge in [-0.1, -0.05) is 25.1 Å². The van der Waals surface area contributed by atoms with Gasteiger partial charge in [-0.3, -0.25) is 9.59 Å². The lowest BCUT2D eigenvalue weighted by molar-refractivity contribution is -0.124. The first-order valence-electron chi connectivity index (χ1n) is 8.04. The summed E-state index contributed by atoms with van der Waals surface area (Å²) in [5.74, 6) is -0.554. The Morgan fingerprint density at radius 2 is 1.83 bits per heavy atom. The molecule has 1 aromatic heterocycles. The molecular formula is C18H24N4O2. The van der Waals surface area contributed by atoms with Gasteiger partial charge in [0.05, 0.1) is 5.69 Å². The van der Waals surface area contributed by atoms with E-state index in [2.05, 4.69) is 15.7 Å². The minimum atomic E-state index is -0.585. The van der Waals surface area contributed by atoms with E-state index >= 15 is 0 Å². The summed E-state index contributed by atoms with van der Waals surface area (Å²) in [5, 5.41) is 9.90. The van der Waals surface area contributed by atoms with Crippen LogP contribution < -0.4 is 10.6 Å². The second-order valence-electron chi connectivity index (χ2n) is 6.65. The van der Waals surface area contributed by atoms with Crippen LogP contribution in [-0.2, 0) is 4.79 Å². The van der Waals surface area contributed by atoms with Crippen molar-refractivity contribution in [2.24, 2.45) is 0 Å². The smallest absolute Gasteiger partial charge is 0.272 e. The molecule has 2 rings (SSSR count). The third kappa shape index (κ3) is 4.68. The number of carbonyl (C=O) groups excluding carboxylic acids is 2. The van der Waals surface area contributed by atoms with Crippen LogP contribution in [0.4, 0.5) is 0 Å². The molecule has 0 spiro atoms. The van der Waals surface area contributed by atoms with Gasteiger partial charge in [0.1, 0.15) is 6.04 Å². The van der Waals surface area contributed by atoms with E-state index in [1.165, 1.54) is 0 Å². The van der Waals surface area contributed by atoms with Crippen LogP contribution in [0.25, 0.3) is 5.69 Å². The van der Waals surface area contributed by atoms with E-state index < -0.39 is 6.04 Å². The van der Waals surface area contributed by atoms with Gasteiger partial charge >= 0.3 is 0 Å². The minimum Gasteiger partial charge on any atom is -0.350 e. The normalized spacial score (nSPS) is 12.5. The molecule has 0 saturated carbocycles. The number of nitrogens with one attached hydrogen (secondary N) is 2. The maximum atomic E-state index is 12.4. The molecule has 1 aromatic carbocycles. The van der Waals surface area contributed by atoms with Crippen LogP contribution >= 0.6 is 0 Å². The highest BCUT2D eigenvalue weighted by atomic mass is 16.2. The zero-order valence-corrected chi connectivity index (χ0v) is 14.5. The molecule has 0 radical (unpaired) electrons. The van der Waals surface area contributed by atoms with Gasteiger partial charge in [0.15, 0.2) is 5.69 Å². The monoisotopic (exact) mass is 328 g/mol. The van der Waals surface area contributed by atoms with Crippen LogP contribution in [0.3, 0.4) is 0 Å². The quantitative estimate of drug-likeness (QED) is 0.884. The highest BCUT2D eigenvalue weighted by Gasteiger charge is 2.24. The predicted molar refractivity (Wildman–Crippen MR) is 93.0 cm³/mol. The summed E-state index contributed by atoms with van der Waals surface area (Å²) in [6.07, 6.45) is 2.23. The first-order valence-corrected chi connectivity index (χ1v) is 8.04. The molecule has 0 fully saturated rings. The second kappa shape index (κ2) is 7.29. The molecule has 0 bridgehead atoms. The Hall–Kier alpha value is -2.63. The molecule has 2 N–H and O–H groups in total. The van der Waals surface area contributed by atoms with Crippen molar-refractivity contribution in [3.8, 4) is 5.69 Å². The van der Waals surface area contributed by atoms with Gasteiger partial charge in [0.2, 0.25) is 5.91 Å². The predicted octanol–water partition coefficient (Wildman–Crippen LogP) is 2.30. The summed E-state index contributed by atoms with van der Waals surface area (Å²) in [6, 6.07) is 10.6. The van der Waals surface area contributed by atoms with Crippen molar-refractivity contribution < 1.29 is 9.59 Å². The molecule has 6 heteroatoms.